The quantitative estimate of drug-likeness (QED) is 0.705. The topological polar surface area (TPSA) is 69.6 Å². The number of nitrogens with one attached hydrogen (secondary N) is 1. The van der Waals surface area contributed by atoms with Crippen LogP contribution in [0.2, 0.25) is 0 Å². The average molecular weight is 269 g/mol. The van der Waals surface area contributed by atoms with E-state index in [0.717, 1.165) is 12.1 Å². The van der Waals surface area contributed by atoms with E-state index in [1.54, 1.807) is 0 Å². The summed E-state index contributed by atoms with van der Waals surface area (Å²) in [6, 6.07) is 3.25. The van der Waals surface area contributed by atoms with Crippen LogP contribution in [0.3, 0.4) is 0 Å². The molecule has 1 aromatic rings. The van der Waals surface area contributed by atoms with Crippen molar-refractivity contribution in [1.82, 2.24) is 5.32 Å². The fourth-order valence-corrected chi connectivity index (χ4v) is 2.29. The van der Waals surface area contributed by atoms with Gasteiger partial charge in [0.1, 0.15) is 0 Å². The molecule has 1 heterocycles. The van der Waals surface area contributed by atoms with Crippen molar-refractivity contribution in [2.45, 2.75) is 25.6 Å². The lowest BCUT2D eigenvalue weighted by atomic mass is 9.84. The van der Waals surface area contributed by atoms with Gasteiger partial charge in [0, 0.05) is 23.6 Å². The molecule has 1 atom stereocenters. The van der Waals surface area contributed by atoms with Gasteiger partial charge in [-0.2, -0.15) is 0 Å². The molecular formula is C13H13F2NO3. The van der Waals surface area contributed by atoms with E-state index in [4.69, 9.17) is 0 Å². The van der Waals surface area contributed by atoms with E-state index in [0.29, 0.717) is 11.3 Å². The van der Waals surface area contributed by atoms with Gasteiger partial charge >= 0.3 is 0 Å². The summed E-state index contributed by atoms with van der Waals surface area (Å²) in [5.74, 6) is -3.01. The van der Waals surface area contributed by atoms with Gasteiger partial charge in [-0.15, -0.1) is 0 Å². The molecule has 19 heavy (non-hydrogen) atoms. The number of benzene rings is 1. The molecule has 102 valence electrons. The Morgan fingerprint density at radius 1 is 1.32 bits per heavy atom. The van der Waals surface area contributed by atoms with Crippen LogP contribution in [-0.4, -0.2) is 22.4 Å². The van der Waals surface area contributed by atoms with Crippen molar-refractivity contribution < 1.29 is 23.8 Å². The number of hydrogen-bond donors (Lipinski definition) is 3. The minimum absolute atomic E-state index is 0.0463. The third-order valence-electron chi connectivity index (χ3n) is 3.15. The molecule has 6 heteroatoms. The molecule has 0 saturated carbocycles. The first-order valence-corrected chi connectivity index (χ1v) is 5.71. The Hall–Kier alpha value is -1.79. The van der Waals surface area contributed by atoms with Crippen LogP contribution >= 0.6 is 0 Å². The number of hydrogen-bond acceptors (Lipinski definition) is 3. The highest BCUT2D eigenvalue weighted by atomic mass is 19.2. The number of amides is 1. The second-order valence-corrected chi connectivity index (χ2v) is 4.43. The highest BCUT2D eigenvalue weighted by molar-refractivity contribution is 5.81. The van der Waals surface area contributed by atoms with Gasteiger partial charge in [0.25, 0.3) is 0 Å². The summed E-state index contributed by atoms with van der Waals surface area (Å²) in [6.45, 7) is 1.53. The minimum Gasteiger partial charge on any atom is -0.364 e. The molecule has 1 aliphatic heterocycles. The summed E-state index contributed by atoms with van der Waals surface area (Å²) in [4.78, 5) is 11.5. The predicted molar refractivity (Wildman–Crippen MR) is 62.8 cm³/mol. The number of allylic oxidation sites excluding steroid dienone is 1. The Labute approximate surface area is 108 Å². The van der Waals surface area contributed by atoms with Crippen molar-refractivity contribution in [3.63, 3.8) is 0 Å². The average Bonchev–Trinajstić information content (AvgIpc) is 2.31. The molecule has 1 aliphatic rings. The summed E-state index contributed by atoms with van der Waals surface area (Å²) in [5.41, 5.74) is 0.836. The highest BCUT2D eigenvalue weighted by Crippen LogP contribution is 2.34. The van der Waals surface area contributed by atoms with E-state index in [1.807, 2.05) is 0 Å². The Balaban J connectivity index is 2.48. The monoisotopic (exact) mass is 269 g/mol. The van der Waals surface area contributed by atoms with Crippen LogP contribution < -0.4 is 5.32 Å². The van der Waals surface area contributed by atoms with E-state index >= 15 is 0 Å². The predicted octanol–water partition coefficient (Wildman–Crippen LogP) is 1.15. The molecule has 0 aromatic heterocycles. The Kier molecular flexibility index (Phi) is 3.64. The molecule has 3 N–H and O–H groups in total. The van der Waals surface area contributed by atoms with Crippen molar-refractivity contribution in [1.29, 1.82) is 0 Å². The van der Waals surface area contributed by atoms with E-state index in [9.17, 15) is 23.8 Å². The molecule has 4 nitrogen and oxygen atoms in total. The second-order valence-electron chi connectivity index (χ2n) is 4.43. The normalized spacial score (nSPS) is 19.9. The number of carbonyl (C=O) groups excluding carboxylic acids is 1. The molecule has 2 rings (SSSR count). The first kappa shape index (κ1) is 13.6. The Bertz CT molecular complexity index is 555. The van der Waals surface area contributed by atoms with Crippen LogP contribution in [0.4, 0.5) is 8.78 Å². The Morgan fingerprint density at radius 2 is 2.00 bits per heavy atom. The maximum atomic E-state index is 13.2. The van der Waals surface area contributed by atoms with E-state index < -0.39 is 23.8 Å². The van der Waals surface area contributed by atoms with Crippen LogP contribution in [0.25, 0.3) is 0 Å². The number of carbonyl (C=O) groups is 1. The summed E-state index contributed by atoms with van der Waals surface area (Å²) >= 11 is 0. The van der Waals surface area contributed by atoms with Crippen molar-refractivity contribution in [2.75, 3.05) is 0 Å². The van der Waals surface area contributed by atoms with Crippen LogP contribution in [0.5, 0.6) is 0 Å². The van der Waals surface area contributed by atoms with Gasteiger partial charge in [-0.1, -0.05) is 6.07 Å². The van der Waals surface area contributed by atoms with Crippen molar-refractivity contribution in [3.8, 4) is 0 Å². The maximum Gasteiger partial charge on any atom is 0.225 e. The van der Waals surface area contributed by atoms with Crippen molar-refractivity contribution in [2.24, 2.45) is 0 Å². The smallest absolute Gasteiger partial charge is 0.225 e. The molecule has 0 radical (unpaired) electrons. The molecule has 0 fully saturated rings. The molecule has 0 unspecified atom stereocenters. The zero-order valence-electron chi connectivity index (χ0n) is 10.2. The lowest BCUT2D eigenvalue weighted by molar-refractivity contribution is -0.121. The molecular weight excluding hydrogens is 256 g/mol. The van der Waals surface area contributed by atoms with Crippen molar-refractivity contribution in [3.05, 3.63) is 46.7 Å². The van der Waals surface area contributed by atoms with Gasteiger partial charge in [0.05, 0.1) is 0 Å². The molecule has 1 aromatic carbocycles. The zero-order valence-corrected chi connectivity index (χ0v) is 10.2. The van der Waals surface area contributed by atoms with Crippen molar-refractivity contribution >= 4 is 5.91 Å². The minimum atomic E-state index is -1.77. The number of aliphatic hydroxyl groups excluding tert-OH is 1. The van der Waals surface area contributed by atoms with E-state index in [2.05, 4.69) is 5.32 Å². The molecule has 1 amide bonds. The summed E-state index contributed by atoms with van der Waals surface area (Å²) in [6.07, 6.45) is -1.81. The van der Waals surface area contributed by atoms with Crippen LogP contribution in [0.1, 0.15) is 24.8 Å². The van der Waals surface area contributed by atoms with Gasteiger partial charge < -0.3 is 15.5 Å². The maximum absolute atomic E-state index is 13.2. The fourth-order valence-electron chi connectivity index (χ4n) is 2.29. The summed E-state index contributed by atoms with van der Waals surface area (Å²) < 4.78 is 26.1. The highest BCUT2D eigenvalue weighted by Gasteiger charge is 2.31. The lowest BCUT2D eigenvalue weighted by Crippen LogP contribution is -2.34. The zero-order chi connectivity index (χ0) is 14.2. The van der Waals surface area contributed by atoms with Gasteiger partial charge in [0.15, 0.2) is 17.9 Å². The van der Waals surface area contributed by atoms with Gasteiger partial charge in [-0.05, 0) is 24.6 Å². The summed E-state index contributed by atoms with van der Waals surface area (Å²) in [5, 5.41) is 21.2. The summed E-state index contributed by atoms with van der Waals surface area (Å²) in [7, 11) is 0. The SMILES string of the molecule is CC1=C(C(O)O)[C@@H](c2ccc(F)c(F)c2)CC(=O)N1. The third kappa shape index (κ3) is 2.64. The molecule has 0 saturated heterocycles. The second kappa shape index (κ2) is 5.07. The Morgan fingerprint density at radius 3 is 2.58 bits per heavy atom. The van der Waals surface area contributed by atoms with Gasteiger partial charge in [0.2, 0.25) is 5.91 Å². The largest absolute Gasteiger partial charge is 0.364 e. The van der Waals surface area contributed by atoms with E-state index in [-0.39, 0.29) is 17.9 Å². The van der Waals surface area contributed by atoms with Gasteiger partial charge in [-0.25, -0.2) is 8.78 Å². The standard InChI is InChI=1S/C13H13F2NO3/c1-6-12(13(18)19)8(5-11(17)16-6)7-2-3-9(14)10(15)4-7/h2-4,8,13,18-19H,5H2,1H3,(H,16,17)/t8-/m1/s1. The number of halogens is 2. The fraction of sp³-hybridized carbons (Fsp3) is 0.308. The third-order valence-corrected chi connectivity index (χ3v) is 3.15. The number of aliphatic hydroxyl groups is 2. The first-order valence-electron chi connectivity index (χ1n) is 5.71. The molecule has 0 spiro atoms. The van der Waals surface area contributed by atoms with E-state index in [1.165, 1.54) is 13.0 Å². The van der Waals surface area contributed by atoms with Gasteiger partial charge in [-0.3, -0.25) is 4.79 Å². The molecule has 0 bridgehead atoms. The van der Waals surface area contributed by atoms with Crippen LogP contribution in [-0.2, 0) is 4.79 Å². The van der Waals surface area contributed by atoms with Crippen LogP contribution in [0.15, 0.2) is 29.5 Å². The number of rotatable bonds is 2. The molecule has 0 aliphatic carbocycles. The first-order chi connectivity index (χ1) is 8.90. The van der Waals surface area contributed by atoms with Crippen LogP contribution in [0, 0.1) is 11.6 Å². The lowest BCUT2D eigenvalue weighted by Gasteiger charge is -2.28.